The van der Waals surface area contributed by atoms with Gasteiger partial charge in [0.25, 0.3) is 0 Å². The van der Waals surface area contributed by atoms with Crippen molar-refractivity contribution >= 4 is 0 Å². The van der Waals surface area contributed by atoms with E-state index in [4.69, 9.17) is 0 Å². The summed E-state index contributed by atoms with van der Waals surface area (Å²) >= 11 is 0. The van der Waals surface area contributed by atoms with Crippen LogP contribution in [0, 0.1) is 12.3 Å². The van der Waals surface area contributed by atoms with Crippen molar-refractivity contribution < 1.29 is 9.81 Å². The Kier molecular flexibility index (Phi) is 2.95. The zero-order chi connectivity index (χ0) is 8.10. The van der Waals surface area contributed by atoms with E-state index >= 15 is 0 Å². The minimum absolute atomic E-state index is 0.464. The lowest BCUT2D eigenvalue weighted by molar-refractivity contribution is -0.711. The molecule has 1 heterocycles. The Morgan fingerprint density at radius 2 is 2.00 bits per heavy atom. The zero-order valence-electron chi connectivity index (χ0n) is 6.40. The van der Waals surface area contributed by atoms with Gasteiger partial charge in [0.1, 0.15) is 0 Å². The summed E-state index contributed by atoms with van der Waals surface area (Å²) in [5.74, 6) is 0. The molecule has 5 nitrogen and oxygen atoms in total. The molecule has 63 valence electrons. The Morgan fingerprint density at radius 3 is 2.55 bits per heavy atom. The molecule has 1 saturated heterocycles. The van der Waals surface area contributed by atoms with Crippen molar-refractivity contribution in [1.29, 1.82) is 0 Å². The van der Waals surface area contributed by atoms with Gasteiger partial charge in [-0.3, -0.25) is 0 Å². The second-order valence-electron chi connectivity index (χ2n) is 2.48. The normalized spacial score (nSPS) is 20.1. The quantitative estimate of drug-likeness (QED) is 0.343. The van der Waals surface area contributed by atoms with Gasteiger partial charge in [0.05, 0.1) is 18.1 Å². The van der Waals surface area contributed by atoms with Crippen LogP contribution in [-0.2, 0) is 4.84 Å². The number of hydrazine groups is 1. The Bertz CT molecular complexity index is 143. The van der Waals surface area contributed by atoms with Gasteiger partial charge >= 0.3 is 0 Å². The van der Waals surface area contributed by atoms with E-state index in [0.29, 0.717) is 4.97 Å². The van der Waals surface area contributed by atoms with Gasteiger partial charge in [-0.15, -0.1) is 5.01 Å². The Morgan fingerprint density at radius 1 is 1.36 bits per heavy atom. The van der Waals surface area contributed by atoms with E-state index in [1.54, 1.807) is 5.01 Å². The molecule has 0 unspecified atom stereocenters. The van der Waals surface area contributed by atoms with Crippen molar-refractivity contribution in [3.8, 4) is 0 Å². The number of hydrogen-bond acceptors (Lipinski definition) is 3. The highest BCUT2D eigenvalue weighted by Gasteiger charge is 2.16. The van der Waals surface area contributed by atoms with Crippen molar-refractivity contribution in [2.45, 2.75) is 19.3 Å². The third-order valence-electron chi connectivity index (χ3n) is 1.70. The van der Waals surface area contributed by atoms with Crippen molar-refractivity contribution in [1.82, 2.24) is 5.01 Å². The van der Waals surface area contributed by atoms with Crippen LogP contribution in [0.1, 0.15) is 19.3 Å². The first-order valence-electron chi connectivity index (χ1n) is 3.69. The van der Waals surface area contributed by atoms with Crippen LogP contribution < -0.4 is 0 Å². The molecule has 1 rings (SSSR count). The van der Waals surface area contributed by atoms with Crippen molar-refractivity contribution in [2.24, 2.45) is 5.28 Å². The molecule has 11 heavy (non-hydrogen) atoms. The molecule has 0 N–H and O–H groups in total. The van der Waals surface area contributed by atoms with Crippen LogP contribution in [0.25, 0.3) is 0 Å². The van der Waals surface area contributed by atoms with Gasteiger partial charge in [0.2, 0.25) is 5.28 Å². The highest BCUT2D eigenvalue weighted by molar-refractivity contribution is 4.54. The van der Waals surface area contributed by atoms with Crippen molar-refractivity contribution in [3.63, 3.8) is 0 Å². The van der Waals surface area contributed by atoms with E-state index in [1.807, 2.05) is 0 Å². The largest absolute Gasteiger partial charge is 0.569 e. The summed E-state index contributed by atoms with van der Waals surface area (Å²) in [5, 5.41) is 15.6. The van der Waals surface area contributed by atoms with Crippen LogP contribution in [-0.4, -0.2) is 23.1 Å². The fourth-order valence-electron chi connectivity index (χ4n) is 1.15. The van der Waals surface area contributed by atoms with Crippen LogP contribution in [0.15, 0.2) is 5.28 Å². The monoisotopic (exact) mass is 158 g/mol. The second kappa shape index (κ2) is 4.00. The van der Waals surface area contributed by atoms with Crippen molar-refractivity contribution in [2.75, 3.05) is 13.1 Å². The smallest absolute Gasteiger partial charge is 0.233 e. The van der Waals surface area contributed by atoms with E-state index in [1.165, 1.54) is 6.42 Å². The van der Waals surface area contributed by atoms with Gasteiger partial charge in [0, 0.05) is 0 Å². The third-order valence-corrected chi connectivity index (χ3v) is 1.70. The van der Waals surface area contributed by atoms with E-state index in [9.17, 15) is 5.21 Å². The lowest BCUT2D eigenvalue weighted by Gasteiger charge is -2.21. The predicted octanol–water partition coefficient (Wildman–Crippen LogP) is 1.07. The van der Waals surface area contributed by atoms with E-state index < -0.39 is 0 Å². The van der Waals surface area contributed by atoms with Gasteiger partial charge in [0.15, 0.2) is 7.11 Å². The first kappa shape index (κ1) is 8.10. The standard InChI is InChI=1S/C6H12N3O2/c1-11-7-9(10)8-5-3-2-4-6-8/h1-6H2/b9-7-. The minimum Gasteiger partial charge on any atom is -0.569 e. The fraction of sp³-hybridized carbons (Fsp3) is 0.833. The number of piperidine rings is 1. The average molecular weight is 158 g/mol. The molecular formula is C6H12N3O2. The molecule has 0 amide bonds. The van der Waals surface area contributed by atoms with Gasteiger partial charge in [-0.2, -0.15) is 0 Å². The summed E-state index contributed by atoms with van der Waals surface area (Å²) in [4.78, 5) is 4.57. The summed E-state index contributed by atoms with van der Waals surface area (Å²) in [6, 6.07) is 0. The van der Waals surface area contributed by atoms with E-state index in [0.717, 1.165) is 25.9 Å². The summed E-state index contributed by atoms with van der Waals surface area (Å²) in [7, 11) is 2.99. The predicted molar refractivity (Wildman–Crippen MR) is 37.9 cm³/mol. The van der Waals surface area contributed by atoms with E-state index in [-0.39, 0.29) is 0 Å². The highest BCUT2D eigenvalue weighted by atomic mass is 16.7. The molecule has 0 aromatic heterocycles. The summed E-state index contributed by atoms with van der Waals surface area (Å²) in [6.45, 7) is 1.52. The minimum atomic E-state index is 0.464. The van der Waals surface area contributed by atoms with Crippen LogP contribution >= 0.6 is 0 Å². The fourth-order valence-corrected chi connectivity index (χ4v) is 1.15. The third kappa shape index (κ3) is 2.25. The molecule has 1 aliphatic heterocycles. The van der Waals surface area contributed by atoms with Crippen molar-refractivity contribution in [3.05, 3.63) is 12.3 Å². The van der Waals surface area contributed by atoms with Gasteiger partial charge in [-0.1, -0.05) is 0 Å². The SMILES string of the molecule is [CH2]O/N=[N+](\[O-])N1CCCCC1. The molecular weight excluding hydrogens is 146 g/mol. The maximum absolute atomic E-state index is 10.9. The summed E-state index contributed by atoms with van der Waals surface area (Å²) in [6.07, 6.45) is 3.28. The lowest BCUT2D eigenvalue weighted by Crippen LogP contribution is -2.35. The van der Waals surface area contributed by atoms with Gasteiger partial charge in [-0.25, -0.2) is 0 Å². The maximum atomic E-state index is 10.9. The van der Waals surface area contributed by atoms with Crippen LogP contribution in [0.4, 0.5) is 0 Å². The lowest BCUT2D eigenvalue weighted by atomic mass is 10.2. The molecule has 0 spiro atoms. The first-order valence-corrected chi connectivity index (χ1v) is 3.69. The topological polar surface area (TPSA) is 50.9 Å². The number of hydrogen-bond donors (Lipinski definition) is 0. The van der Waals surface area contributed by atoms with E-state index in [2.05, 4.69) is 17.2 Å². The number of rotatable bonds is 2. The highest BCUT2D eigenvalue weighted by Crippen LogP contribution is 2.08. The first-order chi connectivity index (χ1) is 5.34. The Hall–Kier alpha value is -1.00. The second-order valence-corrected chi connectivity index (χ2v) is 2.48. The summed E-state index contributed by atoms with van der Waals surface area (Å²) < 4.78 is 0. The molecule has 0 atom stereocenters. The zero-order valence-corrected chi connectivity index (χ0v) is 6.40. The van der Waals surface area contributed by atoms with Crippen LogP contribution in [0.2, 0.25) is 0 Å². The molecule has 0 saturated carbocycles. The molecule has 1 fully saturated rings. The molecule has 1 aliphatic rings. The Balaban J connectivity index is 2.38. The van der Waals surface area contributed by atoms with Gasteiger partial charge in [-0.05, 0) is 19.3 Å². The number of nitrogens with zero attached hydrogens (tertiary/aromatic N) is 3. The van der Waals surface area contributed by atoms with Crippen LogP contribution in [0.3, 0.4) is 0 Å². The molecule has 0 aliphatic carbocycles. The average Bonchev–Trinajstić information content (AvgIpc) is 2.07. The molecule has 5 heteroatoms. The molecule has 1 radical (unpaired) electrons. The summed E-state index contributed by atoms with van der Waals surface area (Å²) in [5.41, 5.74) is 0. The molecule has 0 bridgehead atoms. The Labute approximate surface area is 65.8 Å². The van der Waals surface area contributed by atoms with Gasteiger partial charge < -0.3 is 10.0 Å². The maximum Gasteiger partial charge on any atom is 0.233 e. The molecule has 0 aromatic rings. The van der Waals surface area contributed by atoms with Crippen LogP contribution in [0.5, 0.6) is 0 Å². The molecule has 0 aromatic carbocycles.